The molecule has 6 nitrogen and oxygen atoms in total. The Labute approximate surface area is 103 Å². The maximum Gasteiger partial charge on any atom is 0.335 e. The number of sulfonamides is 1. The monoisotopic (exact) mass is 266 g/mol. The molecule has 0 spiro atoms. The Balaban J connectivity index is 2.72. The molecule has 0 bridgehead atoms. The lowest BCUT2D eigenvalue weighted by atomic mass is 10.1. The van der Waals surface area contributed by atoms with E-state index in [0.717, 1.165) is 6.26 Å². The van der Waals surface area contributed by atoms with Gasteiger partial charge >= 0.3 is 5.97 Å². The number of hydrogen-bond acceptors (Lipinski definition) is 4. The van der Waals surface area contributed by atoms with Crippen LogP contribution in [-0.4, -0.2) is 30.7 Å². The molecular weight excluding hydrogens is 256 g/mol. The molecule has 1 aromatic heterocycles. The summed E-state index contributed by atoms with van der Waals surface area (Å²) in [6.07, 6.45) is 2.51. The number of anilines is 1. The first-order chi connectivity index (χ1) is 8.37. The smallest absolute Gasteiger partial charge is 0.335 e. The van der Waals surface area contributed by atoms with E-state index in [1.54, 1.807) is 12.1 Å². The third-order valence-corrected chi connectivity index (χ3v) is 2.84. The van der Waals surface area contributed by atoms with Gasteiger partial charge in [0.2, 0.25) is 10.0 Å². The molecule has 0 amide bonds. The van der Waals surface area contributed by atoms with Crippen molar-refractivity contribution in [3.63, 3.8) is 0 Å². The molecule has 94 valence electrons. The number of rotatable bonds is 3. The summed E-state index contributed by atoms with van der Waals surface area (Å²) in [6, 6.07) is 6.01. The minimum atomic E-state index is -3.49. The zero-order chi connectivity index (χ0) is 13.3. The largest absolute Gasteiger partial charge is 0.478 e. The molecule has 18 heavy (non-hydrogen) atoms. The van der Waals surface area contributed by atoms with E-state index >= 15 is 0 Å². The highest BCUT2D eigenvalue weighted by Crippen LogP contribution is 2.24. The number of hydrogen-bond donors (Lipinski definition) is 2. The first-order valence-electron chi connectivity index (χ1n) is 4.97. The van der Waals surface area contributed by atoms with E-state index in [1.807, 2.05) is 0 Å². The number of pyridine rings is 1. The van der Waals surface area contributed by atoms with Crippen LogP contribution in [0.1, 0.15) is 10.4 Å². The summed E-state index contributed by atoms with van der Waals surface area (Å²) in [7, 11) is -3.49. The van der Waals surface area contributed by atoms with Gasteiger partial charge < -0.3 is 5.11 Å². The quantitative estimate of drug-likeness (QED) is 0.873. The second kappa shape index (κ2) is 4.26. The third-order valence-electron chi connectivity index (χ3n) is 2.25. The number of nitrogens with zero attached hydrogens (tertiary/aromatic N) is 1. The number of carbonyl (C=O) groups is 1. The van der Waals surface area contributed by atoms with Crippen LogP contribution in [0.5, 0.6) is 0 Å². The number of nitrogens with one attached hydrogen (secondary N) is 1. The lowest BCUT2D eigenvalue weighted by molar-refractivity contribution is 0.0697. The molecule has 0 saturated heterocycles. The summed E-state index contributed by atoms with van der Waals surface area (Å²) < 4.78 is 24.7. The Morgan fingerprint density at radius 3 is 2.72 bits per heavy atom. The second-order valence-electron chi connectivity index (χ2n) is 3.78. The van der Waals surface area contributed by atoms with Crippen molar-refractivity contribution in [3.05, 3.63) is 36.0 Å². The zero-order valence-corrected chi connectivity index (χ0v) is 10.2. The van der Waals surface area contributed by atoms with Crippen molar-refractivity contribution in [3.8, 4) is 0 Å². The van der Waals surface area contributed by atoms with Crippen molar-refractivity contribution < 1.29 is 18.3 Å². The summed E-state index contributed by atoms with van der Waals surface area (Å²) in [5.41, 5.74) is 0.572. The highest BCUT2D eigenvalue weighted by molar-refractivity contribution is 7.92. The number of aromatic carboxylic acids is 1. The van der Waals surface area contributed by atoms with Gasteiger partial charge in [0, 0.05) is 11.6 Å². The van der Waals surface area contributed by atoms with Crippen LogP contribution in [0.3, 0.4) is 0 Å². The lowest BCUT2D eigenvalue weighted by Crippen LogP contribution is -2.11. The van der Waals surface area contributed by atoms with Crippen LogP contribution in [0.25, 0.3) is 10.9 Å². The summed E-state index contributed by atoms with van der Waals surface area (Å²) in [4.78, 5) is 15.0. The molecule has 1 heterocycles. The molecule has 0 aliphatic rings. The molecule has 0 fully saturated rings. The SMILES string of the molecule is CS(=O)(=O)Nc1cc(C(=O)O)cc2cccnc12. The third kappa shape index (κ3) is 2.57. The summed E-state index contributed by atoms with van der Waals surface area (Å²) in [5.74, 6) is -1.13. The molecule has 0 atom stereocenters. The van der Waals surface area contributed by atoms with Crippen molar-refractivity contribution in [2.45, 2.75) is 0 Å². The van der Waals surface area contributed by atoms with E-state index in [9.17, 15) is 13.2 Å². The summed E-state index contributed by atoms with van der Waals surface area (Å²) in [5, 5.41) is 9.53. The van der Waals surface area contributed by atoms with Crippen LogP contribution in [0.4, 0.5) is 5.69 Å². The minimum absolute atomic E-state index is 0.00153. The van der Waals surface area contributed by atoms with Gasteiger partial charge in [-0.15, -0.1) is 0 Å². The van der Waals surface area contributed by atoms with Crippen LogP contribution < -0.4 is 4.72 Å². The number of carboxylic acid groups (broad SMARTS) is 1. The standard InChI is InChI=1S/C11H10N2O4S/c1-18(16,17)13-9-6-8(11(14)15)5-7-3-2-4-12-10(7)9/h2-6,13H,1H3,(H,14,15). The van der Waals surface area contributed by atoms with Gasteiger partial charge in [-0.1, -0.05) is 6.07 Å². The van der Waals surface area contributed by atoms with Gasteiger partial charge in [-0.3, -0.25) is 9.71 Å². The van der Waals surface area contributed by atoms with E-state index in [2.05, 4.69) is 9.71 Å². The molecule has 0 aliphatic carbocycles. The van der Waals surface area contributed by atoms with E-state index in [1.165, 1.54) is 18.3 Å². The molecule has 0 radical (unpaired) electrons. The van der Waals surface area contributed by atoms with E-state index < -0.39 is 16.0 Å². The predicted molar refractivity (Wildman–Crippen MR) is 67.2 cm³/mol. The van der Waals surface area contributed by atoms with Gasteiger partial charge in [0.05, 0.1) is 23.0 Å². The Morgan fingerprint density at radius 1 is 1.39 bits per heavy atom. The Morgan fingerprint density at radius 2 is 2.11 bits per heavy atom. The van der Waals surface area contributed by atoms with Crippen LogP contribution in [0.2, 0.25) is 0 Å². The van der Waals surface area contributed by atoms with Gasteiger partial charge in [-0.2, -0.15) is 0 Å². The van der Waals surface area contributed by atoms with Gasteiger partial charge in [-0.05, 0) is 18.2 Å². The Bertz CT molecular complexity index is 725. The number of benzene rings is 1. The molecule has 0 aliphatic heterocycles. The average molecular weight is 266 g/mol. The molecule has 0 saturated carbocycles. The fourth-order valence-electron chi connectivity index (χ4n) is 1.59. The maximum atomic E-state index is 11.2. The number of aromatic nitrogens is 1. The van der Waals surface area contributed by atoms with Crippen LogP contribution >= 0.6 is 0 Å². The van der Waals surface area contributed by atoms with Gasteiger partial charge in [0.25, 0.3) is 0 Å². The summed E-state index contributed by atoms with van der Waals surface area (Å²) in [6.45, 7) is 0. The fourth-order valence-corrected chi connectivity index (χ4v) is 2.15. The van der Waals surface area contributed by atoms with Crippen molar-refractivity contribution >= 4 is 32.6 Å². The van der Waals surface area contributed by atoms with Crippen molar-refractivity contribution in [1.29, 1.82) is 0 Å². The summed E-state index contributed by atoms with van der Waals surface area (Å²) >= 11 is 0. The Hall–Kier alpha value is -2.15. The first kappa shape index (κ1) is 12.3. The predicted octanol–water partition coefficient (Wildman–Crippen LogP) is 1.30. The van der Waals surface area contributed by atoms with Crippen molar-refractivity contribution in [1.82, 2.24) is 4.98 Å². The van der Waals surface area contributed by atoms with Crippen LogP contribution in [0.15, 0.2) is 30.5 Å². The minimum Gasteiger partial charge on any atom is -0.478 e. The zero-order valence-electron chi connectivity index (χ0n) is 9.41. The molecule has 2 rings (SSSR count). The van der Waals surface area contributed by atoms with Gasteiger partial charge in [0.1, 0.15) is 0 Å². The number of fused-ring (bicyclic) bond motifs is 1. The molecule has 2 N–H and O–H groups in total. The molecule has 2 aromatic rings. The lowest BCUT2D eigenvalue weighted by Gasteiger charge is -2.08. The molecular formula is C11H10N2O4S. The van der Waals surface area contributed by atoms with Gasteiger partial charge in [-0.25, -0.2) is 13.2 Å². The second-order valence-corrected chi connectivity index (χ2v) is 5.53. The van der Waals surface area contributed by atoms with Crippen LogP contribution in [-0.2, 0) is 10.0 Å². The molecule has 0 unspecified atom stereocenters. The Kier molecular flexibility index (Phi) is 2.92. The first-order valence-corrected chi connectivity index (χ1v) is 6.86. The van der Waals surface area contributed by atoms with E-state index in [-0.39, 0.29) is 11.3 Å². The highest BCUT2D eigenvalue weighted by atomic mass is 32.2. The number of carboxylic acids is 1. The molecule has 1 aromatic carbocycles. The van der Waals surface area contributed by atoms with Crippen molar-refractivity contribution in [2.24, 2.45) is 0 Å². The normalized spacial score (nSPS) is 11.4. The van der Waals surface area contributed by atoms with Crippen molar-refractivity contribution in [2.75, 3.05) is 11.0 Å². The average Bonchev–Trinajstić information content (AvgIpc) is 2.26. The fraction of sp³-hybridized carbons (Fsp3) is 0.0909. The highest BCUT2D eigenvalue weighted by Gasteiger charge is 2.12. The topological polar surface area (TPSA) is 96.4 Å². The van der Waals surface area contributed by atoms with E-state index in [0.29, 0.717) is 10.9 Å². The molecule has 7 heteroatoms. The van der Waals surface area contributed by atoms with E-state index in [4.69, 9.17) is 5.11 Å². The van der Waals surface area contributed by atoms with Gasteiger partial charge in [0.15, 0.2) is 0 Å². The maximum absolute atomic E-state index is 11.2. The van der Waals surface area contributed by atoms with Crippen LogP contribution in [0, 0.1) is 0 Å².